The maximum Gasteiger partial charge on any atom is 0.318 e. The summed E-state index contributed by atoms with van der Waals surface area (Å²) in [5.74, 6) is 1.05. The van der Waals surface area contributed by atoms with Crippen LogP contribution in [0.3, 0.4) is 0 Å². The van der Waals surface area contributed by atoms with Crippen molar-refractivity contribution < 1.29 is 9.32 Å². The van der Waals surface area contributed by atoms with Gasteiger partial charge in [-0.3, -0.25) is 0 Å². The predicted molar refractivity (Wildman–Crippen MR) is 85.2 cm³/mol. The van der Waals surface area contributed by atoms with E-state index in [1.54, 1.807) is 4.90 Å². The summed E-state index contributed by atoms with van der Waals surface area (Å²) in [6.45, 7) is 3.23. The van der Waals surface area contributed by atoms with E-state index in [4.69, 9.17) is 4.52 Å². The normalized spacial score (nSPS) is 17.7. The summed E-state index contributed by atoms with van der Waals surface area (Å²) >= 11 is 3.40. The number of nitrogens with one attached hydrogen (secondary N) is 1. The Morgan fingerprint density at radius 2 is 2.23 bits per heavy atom. The van der Waals surface area contributed by atoms with Gasteiger partial charge in [-0.15, -0.1) is 0 Å². The summed E-state index contributed by atoms with van der Waals surface area (Å²) in [5, 5.41) is 6.86. The quantitative estimate of drug-likeness (QED) is 0.906. The number of carbonyl (C=O) groups is 1. The third-order valence-electron chi connectivity index (χ3n) is 3.67. The van der Waals surface area contributed by atoms with Crippen LogP contribution in [0.15, 0.2) is 33.3 Å². The van der Waals surface area contributed by atoms with Crippen molar-refractivity contribution in [1.82, 2.24) is 20.4 Å². The van der Waals surface area contributed by atoms with Crippen LogP contribution in [0, 0.1) is 0 Å². The van der Waals surface area contributed by atoms with Gasteiger partial charge >= 0.3 is 6.03 Å². The Hall–Kier alpha value is -1.89. The molecule has 22 heavy (non-hydrogen) atoms. The smallest absolute Gasteiger partial charge is 0.318 e. The fraction of sp³-hybridized carbons (Fsp3) is 0.400. The minimum Gasteiger partial charge on any atom is -0.338 e. The molecule has 1 aliphatic heterocycles. The number of urea groups is 1. The minimum atomic E-state index is -0.136. The molecule has 6 nitrogen and oxygen atoms in total. The van der Waals surface area contributed by atoms with Crippen molar-refractivity contribution in [1.29, 1.82) is 0 Å². The van der Waals surface area contributed by atoms with Crippen LogP contribution in [0.2, 0.25) is 0 Å². The van der Waals surface area contributed by atoms with Crippen molar-refractivity contribution in [2.45, 2.75) is 25.8 Å². The van der Waals surface area contributed by atoms with Gasteiger partial charge in [0.2, 0.25) is 11.7 Å². The second-order valence-electron chi connectivity index (χ2n) is 5.15. The Bertz CT molecular complexity index is 656. The molecular formula is C15H17BrN4O2. The van der Waals surface area contributed by atoms with Gasteiger partial charge in [0.25, 0.3) is 0 Å². The summed E-state index contributed by atoms with van der Waals surface area (Å²) in [4.78, 5) is 18.3. The average Bonchev–Trinajstić information content (AvgIpc) is 3.17. The molecule has 0 bridgehead atoms. The highest BCUT2D eigenvalue weighted by Crippen LogP contribution is 2.32. The summed E-state index contributed by atoms with van der Waals surface area (Å²) < 4.78 is 6.40. The summed E-state index contributed by atoms with van der Waals surface area (Å²) in [6.07, 6.45) is 1.79. The van der Waals surface area contributed by atoms with Crippen LogP contribution >= 0.6 is 15.9 Å². The lowest BCUT2D eigenvalue weighted by Crippen LogP contribution is -2.39. The van der Waals surface area contributed by atoms with Crippen LogP contribution in [0.5, 0.6) is 0 Å². The average molecular weight is 365 g/mol. The summed E-state index contributed by atoms with van der Waals surface area (Å²) in [6, 6.07) is 7.50. The molecule has 7 heteroatoms. The lowest BCUT2D eigenvalue weighted by atomic mass is 10.2. The molecule has 1 atom stereocenters. The maximum atomic E-state index is 12.1. The highest BCUT2D eigenvalue weighted by molar-refractivity contribution is 9.10. The van der Waals surface area contributed by atoms with Crippen LogP contribution in [0.25, 0.3) is 11.4 Å². The topological polar surface area (TPSA) is 71.3 Å². The number of aromatic nitrogens is 2. The molecule has 1 aromatic carbocycles. The highest BCUT2D eigenvalue weighted by Gasteiger charge is 2.33. The van der Waals surface area contributed by atoms with Crippen molar-refractivity contribution in [3.63, 3.8) is 0 Å². The largest absolute Gasteiger partial charge is 0.338 e. The highest BCUT2D eigenvalue weighted by atomic mass is 79.9. The van der Waals surface area contributed by atoms with Gasteiger partial charge in [0.05, 0.1) is 0 Å². The molecule has 1 saturated heterocycles. The molecule has 1 unspecified atom stereocenters. The van der Waals surface area contributed by atoms with Crippen molar-refractivity contribution in [2.24, 2.45) is 0 Å². The molecule has 2 aromatic rings. The molecule has 0 saturated carbocycles. The Morgan fingerprint density at radius 3 is 2.95 bits per heavy atom. The molecule has 2 heterocycles. The molecule has 1 aromatic heterocycles. The van der Waals surface area contributed by atoms with E-state index in [2.05, 4.69) is 31.4 Å². The first-order valence-electron chi connectivity index (χ1n) is 7.33. The van der Waals surface area contributed by atoms with E-state index in [0.29, 0.717) is 24.8 Å². The fourth-order valence-electron chi connectivity index (χ4n) is 2.61. The van der Waals surface area contributed by atoms with Gasteiger partial charge in [-0.05, 0) is 44.0 Å². The molecule has 1 aliphatic rings. The molecule has 1 fully saturated rings. The van der Waals surface area contributed by atoms with E-state index in [1.807, 2.05) is 31.2 Å². The second kappa shape index (κ2) is 6.48. The molecular weight excluding hydrogens is 348 g/mol. The SMILES string of the molecule is CCNC(=O)N1CCCC1c1nc(-c2ccc(Br)cc2)no1. The van der Waals surface area contributed by atoms with Gasteiger partial charge in [-0.1, -0.05) is 21.1 Å². The molecule has 2 amide bonds. The van der Waals surface area contributed by atoms with Crippen molar-refractivity contribution in [2.75, 3.05) is 13.1 Å². The van der Waals surface area contributed by atoms with Crippen LogP contribution in [0.1, 0.15) is 31.7 Å². The zero-order valence-corrected chi connectivity index (χ0v) is 13.8. The number of hydrogen-bond donors (Lipinski definition) is 1. The van der Waals surface area contributed by atoms with Gasteiger partial charge < -0.3 is 14.7 Å². The zero-order chi connectivity index (χ0) is 15.5. The second-order valence-corrected chi connectivity index (χ2v) is 6.07. The van der Waals surface area contributed by atoms with Crippen LogP contribution in [0.4, 0.5) is 4.79 Å². The summed E-state index contributed by atoms with van der Waals surface area (Å²) in [5.41, 5.74) is 0.890. The minimum absolute atomic E-state index is 0.0756. The lowest BCUT2D eigenvalue weighted by Gasteiger charge is -2.21. The van der Waals surface area contributed by atoms with Gasteiger partial charge in [-0.25, -0.2) is 4.79 Å². The Labute approximate surface area is 137 Å². The number of nitrogens with zero attached hydrogens (tertiary/aromatic N) is 3. The number of amides is 2. The van der Waals surface area contributed by atoms with Crippen molar-refractivity contribution in [3.05, 3.63) is 34.6 Å². The van der Waals surface area contributed by atoms with Gasteiger partial charge in [-0.2, -0.15) is 4.98 Å². The molecule has 116 valence electrons. The molecule has 0 aliphatic carbocycles. The Morgan fingerprint density at radius 1 is 1.45 bits per heavy atom. The van der Waals surface area contributed by atoms with E-state index in [0.717, 1.165) is 22.9 Å². The zero-order valence-electron chi connectivity index (χ0n) is 12.3. The van der Waals surface area contributed by atoms with Crippen LogP contribution in [-0.4, -0.2) is 34.2 Å². The molecule has 3 rings (SSSR count). The van der Waals surface area contributed by atoms with Crippen LogP contribution in [-0.2, 0) is 0 Å². The number of rotatable bonds is 3. The van der Waals surface area contributed by atoms with E-state index in [1.165, 1.54) is 0 Å². The van der Waals surface area contributed by atoms with Crippen molar-refractivity contribution in [3.8, 4) is 11.4 Å². The van der Waals surface area contributed by atoms with E-state index in [-0.39, 0.29) is 12.1 Å². The van der Waals surface area contributed by atoms with Crippen molar-refractivity contribution >= 4 is 22.0 Å². The Kier molecular flexibility index (Phi) is 4.42. The van der Waals surface area contributed by atoms with E-state index < -0.39 is 0 Å². The standard InChI is InChI=1S/C15H17BrN4O2/c1-2-17-15(21)20-9-3-4-12(20)14-18-13(19-22-14)10-5-7-11(16)8-6-10/h5-8,12H,2-4,9H2,1H3,(H,17,21). The third-order valence-corrected chi connectivity index (χ3v) is 4.20. The molecule has 0 radical (unpaired) electrons. The predicted octanol–water partition coefficient (Wildman–Crippen LogP) is 3.37. The molecule has 1 N–H and O–H groups in total. The first kappa shape index (κ1) is 15.0. The van der Waals surface area contributed by atoms with Gasteiger partial charge in [0.1, 0.15) is 6.04 Å². The van der Waals surface area contributed by atoms with E-state index in [9.17, 15) is 4.79 Å². The number of hydrogen-bond acceptors (Lipinski definition) is 4. The van der Waals surface area contributed by atoms with E-state index >= 15 is 0 Å². The fourth-order valence-corrected chi connectivity index (χ4v) is 2.87. The third kappa shape index (κ3) is 2.99. The number of carbonyl (C=O) groups excluding carboxylic acids is 1. The maximum absolute atomic E-state index is 12.1. The molecule has 0 spiro atoms. The number of benzene rings is 1. The Balaban J connectivity index is 1.80. The first-order valence-corrected chi connectivity index (χ1v) is 8.12. The lowest BCUT2D eigenvalue weighted by molar-refractivity contribution is 0.181. The monoisotopic (exact) mass is 364 g/mol. The number of likely N-dealkylation sites (tertiary alicyclic amines) is 1. The summed E-state index contributed by atoms with van der Waals surface area (Å²) in [7, 11) is 0. The van der Waals surface area contributed by atoms with Gasteiger partial charge in [0.15, 0.2) is 0 Å². The van der Waals surface area contributed by atoms with Crippen LogP contribution < -0.4 is 5.32 Å². The van der Waals surface area contributed by atoms with Gasteiger partial charge in [0, 0.05) is 23.1 Å². The first-order chi connectivity index (χ1) is 10.7. The number of halogens is 1.